The lowest BCUT2D eigenvalue weighted by Gasteiger charge is -2.48. The van der Waals surface area contributed by atoms with Crippen molar-refractivity contribution in [2.45, 2.75) is 70.4 Å². The summed E-state index contributed by atoms with van der Waals surface area (Å²) in [6.07, 6.45) is 10.6. The number of hydrogen-bond acceptors (Lipinski definition) is 4. The Morgan fingerprint density at radius 1 is 1.09 bits per heavy atom. The minimum Gasteiger partial charge on any atom is -0.495 e. The molecule has 1 aliphatic carbocycles. The molecule has 1 saturated heterocycles. The van der Waals surface area contributed by atoms with Gasteiger partial charge in [-0.3, -0.25) is 14.7 Å². The predicted molar refractivity (Wildman–Crippen MR) is 142 cm³/mol. The van der Waals surface area contributed by atoms with Gasteiger partial charge in [0, 0.05) is 32.6 Å². The molecule has 1 amide bonds. The Labute approximate surface area is 210 Å². The van der Waals surface area contributed by atoms with Gasteiger partial charge in [0.2, 0.25) is 5.91 Å². The molecule has 3 rings (SSSR count). The number of carbonyl (C=O) groups is 1. The Balaban J connectivity index is 0.00000363. The number of carbonyl (C=O) groups excluding carboxylic acids is 1. The van der Waals surface area contributed by atoms with Gasteiger partial charge in [0.05, 0.1) is 12.8 Å². The molecule has 180 valence electrons. The second-order valence-electron chi connectivity index (χ2n) is 8.83. The molecule has 0 bridgehead atoms. The van der Waals surface area contributed by atoms with Crippen molar-refractivity contribution in [1.82, 2.24) is 15.5 Å². The number of ether oxygens (including phenoxy) is 1. The van der Waals surface area contributed by atoms with E-state index < -0.39 is 0 Å². The van der Waals surface area contributed by atoms with Crippen molar-refractivity contribution in [2.75, 3.05) is 39.1 Å². The zero-order valence-electron chi connectivity index (χ0n) is 19.8. The molecule has 1 aromatic carbocycles. The van der Waals surface area contributed by atoms with Crippen molar-refractivity contribution in [3.05, 3.63) is 23.8 Å². The lowest BCUT2D eigenvalue weighted by Crippen LogP contribution is -2.59. The van der Waals surface area contributed by atoms with Crippen LogP contribution in [0.25, 0.3) is 0 Å². The van der Waals surface area contributed by atoms with Crippen LogP contribution in [0, 0.1) is 0 Å². The number of nitrogens with one attached hydrogen (secondary N) is 3. The molecular formula is C24H40IN5O2. The van der Waals surface area contributed by atoms with Gasteiger partial charge >= 0.3 is 0 Å². The zero-order valence-corrected chi connectivity index (χ0v) is 22.2. The molecule has 0 spiro atoms. The topological polar surface area (TPSA) is 78.0 Å². The van der Waals surface area contributed by atoms with Gasteiger partial charge in [-0.1, -0.05) is 31.7 Å². The van der Waals surface area contributed by atoms with Crippen molar-refractivity contribution in [3.63, 3.8) is 0 Å². The number of benzene rings is 1. The Kier molecular flexibility index (Phi) is 11.0. The molecule has 0 atom stereocenters. The van der Waals surface area contributed by atoms with Crippen LogP contribution in [0.1, 0.15) is 63.9 Å². The van der Waals surface area contributed by atoms with Crippen molar-refractivity contribution in [2.24, 2.45) is 4.99 Å². The first-order valence-corrected chi connectivity index (χ1v) is 11.7. The smallest absolute Gasteiger partial charge is 0.221 e. The van der Waals surface area contributed by atoms with Gasteiger partial charge in [-0.2, -0.15) is 0 Å². The number of aliphatic imine (C=N–C) groups is 1. The predicted octanol–water partition coefficient (Wildman–Crippen LogP) is 4.13. The highest BCUT2D eigenvalue weighted by atomic mass is 127. The molecule has 0 aromatic heterocycles. The first-order valence-electron chi connectivity index (χ1n) is 11.7. The summed E-state index contributed by atoms with van der Waals surface area (Å²) >= 11 is 0. The van der Waals surface area contributed by atoms with Crippen LogP contribution in [0.2, 0.25) is 0 Å². The highest BCUT2D eigenvalue weighted by molar-refractivity contribution is 14.0. The first-order chi connectivity index (χ1) is 15.1. The largest absolute Gasteiger partial charge is 0.495 e. The van der Waals surface area contributed by atoms with Crippen molar-refractivity contribution in [3.8, 4) is 5.75 Å². The third kappa shape index (κ3) is 7.23. The van der Waals surface area contributed by atoms with Gasteiger partial charge < -0.3 is 20.7 Å². The summed E-state index contributed by atoms with van der Waals surface area (Å²) in [5.74, 6) is 1.36. The molecule has 0 unspecified atom stereocenters. The van der Waals surface area contributed by atoms with E-state index in [-0.39, 0.29) is 35.4 Å². The zero-order chi connectivity index (χ0) is 22.1. The molecule has 8 heteroatoms. The monoisotopic (exact) mass is 557 g/mol. The minimum absolute atomic E-state index is 0. The van der Waals surface area contributed by atoms with E-state index in [4.69, 9.17) is 4.74 Å². The second kappa shape index (κ2) is 13.2. The fourth-order valence-corrected chi connectivity index (χ4v) is 4.99. The van der Waals surface area contributed by atoms with Crippen molar-refractivity contribution in [1.29, 1.82) is 0 Å². The standard InChI is InChI=1S/C24H39N5O2.HI/c1-19(30)28-21-16-20(10-11-22(21)31-3)17-26-23(25-2)27-18-24(12-6-4-7-13-24)29-14-8-5-9-15-29;/h10-11,16H,4-9,12-15,17-18H2,1-3H3,(H,28,30)(H2,25,26,27);1H. The number of amides is 1. The van der Waals surface area contributed by atoms with Crippen molar-refractivity contribution < 1.29 is 9.53 Å². The quantitative estimate of drug-likeness (QED) is 0.267. The van der Waals surface area contributed by atoms with E-state index in [2.05, 4.69) is 25.8 Å². The third-order valence-electron chi connectivity index (χ3n) is 6.65. The molecule has 1 saturated carbocycles. The Bertz CT molecular complexity index is 759. The van der Waals surface area contributed by atoms with Crippen LogP contribution in [0.5, 0.6) is 5.75 Å². The summed E-state index contributed by atoms with van der Waals surface area (Å²) in [6.45, 7) is 5.51. The molecule has 1 aromatic rings. The van der Waals surface area contributed by atoms with Gasteiger partial charge in [0.1, 0.15) is 5.75 Å². The summed E-state index contributed by atoms with van der Waals surface area (Å²) in [4.78, 5) is 18.7. The van der Waals surface area contributed by atoms with E-state index in [1.165, 1.54) is 71.4 Å². The number of halogens is 1. The van der Waals surface area contributed by atoms with Crippen LogP contribution < -0.4 is 20.7 Å². The molecule has 2 fully saturated rings. The lowest BCUT2D eigenvalue weighted by atomic mass is 9.79. The van der Waals surface area contributed by atoms with Gasteiger partial charge in [-0.25, -0.2) is 0 Å². The molecule has 32 heavy (non-hydrogen) atoms. The number of likely N-dealkylation sites (tertiary alicyclic amines) is 1. The fourth-order valence-electron chi connectivity index (χ4n) is 4.99. The number of hydrogen-bond donors (Lipinski definition) is 3. The summed E-state index contributed by atoms with van der Waals surface area (Å²) in [5, 5.41) is 9.88. The molecule has 0 radical (unpaired) electrons. The minimum atomic E-state index is -0.114. The number of anilines is 1. The first kappa shape index (κ1) is 26.7. The number of guanidine groups is 1. The van der Waals surface area contributed by atoms with E-state index in [1.807, 2.05) is 25.2 Å². The summed E-state index contributed by atoms with van der Waals surface area (Å²) in [6, 6.07) is 5.82. The molecule has 3 N–H and O–H groups in total. The third-order valence-corrected chi connectivity index (χ3v) is 6.65. The average Bonchev–Trinajstić information content (AvgIpc) is 2.80. The van der Waals surface area contributed by atoms with E-state index in [0.717, 1.165) is 18.1 Å². The molecular weight excluding hydrogens is 517 g/mol. The van der Waals surface area contributed by atoms with Crippen LogP contribution in [0.4, 0.5) is 5.69 Å². The van der Waals surface area contributed by atoms with E-state index in [0.29, 0.717) is 18.0 Å². The second-order valence-corrected chi connectivity index (χ2v) is 8.83. The summed E-state index contributed by atoms with van der Waals surface area (Å²) in [7, 11) is 3.42. The highest BCUT2D eigenvalue weighted by Gasteiger charge is 2.38. The maximum Gasteiger partial charge on any atom is 0.221 e. The summed E-state index contributed by atoms with van der Waals surface area (Å²) < 4.78 is 5.35. The Morgan fingerprint density at radius 3 is 2.41 bits per heavy atom. The van der Waals surface area contributed by atoms with Gasteiger partial charge in [-0.15, -0.1) is 24.0 Å². The van der Waals surface area contributed by atoms with Crippen molar-refractivity contribution >= 4 is 41.5 Å². The van der Waals surface area contributed by atoms with Crippen LogP contribution in [-0.2, 0) is 11.3 Å². The molecule has 1 heterocycles. The van der Waals surface area contributed by atoms with Gasteiger partial charge in [0.25, 0.3) is 0 Å². The number of piperidine rings is 1. The van der Waals surface area contributed by atoms with Gasteiger partial charge in [-0.05, 0) is 56.5 Å². The van der Waals surface area contributed by atoms with Crippen LogP contribution in [-0.4, -0.2) is 56.1 Å². The molecule has 1 aliphatic heterocycles. The Morgan fingerprint density at radius 2 is 1.78 bits per heavy atom. The summed E-state index contributed by atoms with van der Waals surface area (Å²) in [5.41, 5.74) is 1.99. The Hall–Kier alpha value is -1.55. The molecule has 2 aliphatic rings. The van der Waals surface area contributed by atoms with E-state index in [1.54, 1.807) is 7.11 Å². The average molecular weight is 558 g/mol. The normalized spacial score (nSPS) is 18.9. The maximum atomic E-state index is 11.5. The lowest BCUT2D eigenvalue weighted by molar-refractivity contribution is -0.114. The van der Waals surface area contributed by atoms with Gasteiger partial charge in [0.15, 0.2) is 5.96 Å². The molecule has 7 nitrogen and oxygen atoms in total. The van der Waals surface area contributed by atoms with E-state index in [9.17, 15) is 4.79 Å². The fraction of sp³-hybridized carbons (Fsp3) is 0.667. The van der Waals surface area contributed by atoms with E-state index >= 15 is 0 Å². The van der Waals surface area contributed by atoms with Crippen LogP contribution >= 0.6 is 24.0 Å². The highest BCUT2D eigenvalue weighted by Crippen LogP contribution is 2.35. The van der Waals surface area contributed by atoms with Crippen LogP contribution in [0.3, 0.4) is 0 Å². The maximum absolute atomic E-state index is 11.5. The SMILES string of the molecule is CN=C(NCc1ccc(OC)c(NC(C)=O)c1)NCC1(N2CCCCC2)CCCCC1.I. The number of nitrogens with zero attached hydrogens (tertiary/aromatic N) is 2. The van der Waals surface area contributed by atoms with Crippen LogP contribution in [0.15, 0.2) is 23.2 Å². The number of rotatable bonds is 7. The number of methoxy groups -OCH3 is 1.